The number of aromatic nitrogens is 4. The number of para-hydroxylation sites is 3. The zero-order valence-corrected chi connectivity index (χ0v) is 32.6. The molecule has 0 atom stereocenters. The van der Waals surface area contributed by atoms with E-state index in [9.17, 15) is 0 Å². The molecule has 0 amide bonds. The number of benzene rings is 9. The molecule has 0 saturated carbocycles. The highest BCUT2D eigenvalue weighted by Gasteiger charge is 2.22. The first-order valence-electron chi connectivity index (χ1n) is 20.4. The quantitative estimate of drug-likeness (QED) is 0.169. The van der Waals surface area contributed by atoms with Gasteiger partial charge in [-0.15, -0.1) is 0 Å². The van der Waals surface area contributed by atoms with E-state index in [2.05, 4.69) is 209 Å². The van der Waals surface area contributed by atoms with Gasteiger partial charge in [0.25, 0.3) is 0 Å². The summed E-state index contributed by atoms with van der Waals surface area (Å²) in [7, 11) is 0. The van der Waals surface area contributed by atoms with Crippen molar-refractivity contribution < 1.29 is 0 Å². The summed E-state index contributed by atoms with van der Waals surface area (Å²) < 4.78 is 4.89. The van der Waals surface area contributed by atoms with Crippen LogP contribution in [0.15, 0.2) is 218 Å². The first-order valence-corrected chi connectivity index (χ1v) is 20.4. The largest absolute Gasteiger partial charge is 0.309 e. The Kier molecular flexibility index (Phi) is 7.82. The summed E-state index contributed by atoms with van der Waals surface area (Å²) in [4.78, 5) is 10.6. The molecule has 0 fully saturated rings. The van der Waals surface area contributed by atoms with Crippen LogP contribution in [0.5, 0.6) is 0 Å². The fourth-order valence-electron chi connectivity index (χ4n) is 9.25. The Bertz CT molecular complexity index is 3590. The predicted octanol–water partition coefficient (Wildman–Crippen LogP) is 14.5. The lowest BCUT2D eigenvalue weighted by atomic mass is 9.96. The molecule has 0 unspecified atom stereocenters. The zero-order valence-electron chi connectivity index (χ0n) is 32.6. The molecule has 3 aromatic heterocycles. The maximum Gasteiger partial charge on any atom is 0.160 e. The highest BCUT2D eigenvalue weighted by molar-refractivity contribution is 6.19. The average Bonchev–Trinajstić information content (AvgIpc) is 3.82. The standard InChI is InChI=1S/C56H36N4/c1-3-18-37(19-4-1)40-24-9-10-26-42(40)48-36-49(58-56(57-48)39-21-5-2-6-22-39)45-29-13-16-32-53(45)60-52-31-15-12-28-44(52)47-34-54-46(35-55(47)60)43-27-11-14-30-51(43)59(54)50-33-17-23-38-20-7-8-25-41(38)50/h1-36H. The summed E-state index contributed by atoms with van der Waals surface area (Å²) in [6, 6.07) is 77.9. The fraction of sp³-hybridized carbons (Fsp3) is 0. The van der Waals surface area contributed by atoms with Crippen molar-refractivity contribution in [3.8, 4) is 56.4 Å². The number of rotatable bonds is 6. The third kappa shape index (κ3) is 5.39. The number of nitrogens with zero attached hydrogens (tertiary/aromatic N) is 4. The van der Waals surface area contributed by atoms with Gasteiger partial charge in [-0.2, -0.15) is 0 Å². The van der Waals surface area contributed by atoms with E-state index >= 15 is 0 Å². The van der Waals surface area contributed by atoms with Gasteiger partial charge in [-0.25, -0.2) is 9.97 Å². The molecule has 0 aliphatic heterocycles. The molecule has 9 aromatic carbocycles. The lowest BCUT2D eigenvalue weighted by Crippen LogP contribution is -2.01. The van der Waals surface area contributed by atoms with Gasteiger partial charge in [0.2, 0.25) is 0 Å². The maximum atomic E-state index is 5.36. The molecule has 3 heterocycles. The second-order valence-electron chi connectivity index (χ2n) is 15.3. The van der Waals surface area contributed by atoms with Gasteiger partial charge >= 0.3 is 0 Å². The Morgan fingerprint density at radius 2 is 0.750 bits per heavy atom. The molecule has 4 heteroatoms. The Labute approximate surface area is 346 Å². The van der Waals surface area contributed by atoms with Gasteiger partial charge in [0, 0.05) is 43.6 Å². The molecule has 12 rings (SSSR count). The molecule has 0 spiro atoms. The molecular formula is C56H36N4. The SMILES string of the molecule is c1ccc(-c2nc(-c3ccccc3-c3ccccc3)cc(-c3ccccc3-n3c4ccccc4c4cc5c(cc43)c3ccccc3n5-c3cccc4ccccc34)n2)cc1. The summed E-state index contributed by atoms with van der Waals surface area (Å²) in [5, 5.41) is 7.27. The van der Waals surface area contributed by atoms with Crippen LogP contribution in [0, 0.1) is 0 Å². The fourth-order valence-corrected chi connectivity index (χ4v) is 9.25. The Hall–Kier alpha value is -8.08. The van der Waals surface area contributed by atoms with Crippen molar-refractivity contribution in [2.45, 2.75) is 0 Å². The van der Waals surface area contributed by atoms with Crippen molar-refractivity contribution >= 4 is 54.4 Å². The van der Waals surface area contributed by atoms with Gasteiger partial charge in [-0.05, 0) is 59.0 Å². The van der Waals surface area contributed by atoms with E-state index in [0.29, 0.717) is 5.82 Å². The van der Waals surface area contributed by atoms with Crippen molar-refractivity contribution in [2.75, 3.05) is 0 Å². The van der Waals surface area contributed by atoms with Gasteiger partial charge < -0.3 is 9.13 Å². The first kappa shape index (κ1) is 34.0. The monoisotopic (exact) mass is 764 g/mol. The molecule has 0 aliphatic rings. The lowest BCUT2D eigenvalue weighted by molar-refractivity contribution is 1.15. The number of hydrogen-bond acceptors (Lipinski definition) is 2. The zero-order chi connectivity index (χ0) is 39.6. The molecule has 12 aromatic rings. The van der Waals surface area contributed by atoms with Crippen LogP contribution in [0.25, 0.3) is 111 Å². The van der Waals surface area contributed by atoms with Crippen molar-refractivity contribution in [2.24, 2.45) is 0 Å². The molecule has 4 nitrogen and oxygen atoms in total. The van der Waals surface area contributed by atoms with Crippen molar-refractivity contribution in [3.63, 3.8) is 0 Å². The molecule has 0 saturated heterocycles. The molecule has 0 bridgehead atoms. The van der Waals surface area contributed by atoms with Gasteiger partial charge in [0.1, 0.15) is 0 Å². The third-order valence-electron chi connectivity index (χ3n) is 11.9. The number of fused-ring (bicyclic) bond motifs is 7. The first-order chi connectivity index (χ1) is 29.8. The predicted molar refractivity (Wildman–Crippen MR) is 250 cm³/mol. The van der Waals surface area contributed by atoms with Crippen LogP contribution in [0.2, 0.25) is 0 Å². The summed E-state index contributed by atoms with van der Waals surface area (Å²) in [6.45, 7) is 0. The van der Waals surface area contributed by atoms with Gasteiger partial charge in [0.15, 0.2) is 5.82 Å². The van der Waals surface area contributed by atoms with Crippen molar-refractivity contribution in [1.82, 2.24) is 19.1 Å². The topological polar surface area (TPSA) is 35.6 Å². The smallest absolute Gasteiger partial charge is 0.160 e. The van der Waals surface area contributed by atoms with E-state index in [0.717, 1.165) is 55.9 Å². The van der Waals surface area contributed by atoms with E-state index in [1.165, 1.54) is 49.0 Å². The normalized spacial score (nSPS) is 11.7. The molecule has 0 N–H and O–H groups in total. The molecule has 280 valence electrons. The lowest BCUT2D eigenvalue weighted by Gasteiger charge is -2.16. The second-order valence-corrected chi connectivity index (χ2v) is 15.3. The highest BCUT2D eigenvalue weighted by Crippen LogP contribution is 2.42. The minimum Gasteiger partial charge on any atom is -0.309 e. The van der Waals surface area contributed by atoms with Gasteiger partial charge in [-0.3, -0.25) is 0 Å². The van der Waals surface area contributed by atoms with Crippen LogP contribution in [0.4, 0.5) is 0 Å². The minimum absolute atomic E-state index is 0.686. The van der Waals surface area contributed by atoms with Crippen molar-refractivity contribution in [3.05, 3.63) is 218 Å². The Morgan fingerprint density at radius 3 is 1.43 bits per heavy atom. The summed E-state index contributed by atoms with van der Waals surface area (Å²) in [6.07, 6.45) is 0. The summed E-state index contributed by atoms with van der Waals surface area (Å²) in [5.41, 5.74) is 13.9. The molecular weight excluding hydrogens is 729 g/mol. The van der Waals surface area contributed by atoms with Crippen LogP contribution < -0.4 is 0 Å². The van der Waals surface area contributed by atoms with Gasteiger partial charge in [-0.1, -0.05) is 176 Å². The molecule has 0 radical (unpaired) electrons. The van der Waals surface area contributed by atoms with E-state index in [-0.39, 0.29) is 0 Å². The van der Waals surface area contributed by atoms with E-state index in [1.54, 1.807) is 0 Å². The Balaban J connectivity index is 1.13. The second kappa shape index (κ2) is 13.8. The molecule has 0 aliphatic carbocycles. The van der Waals surface area contributed by atoms with E-state index in [1.807, 2.05) is 18.2 Å². The van der Waals surface area contributed by atoms with Crippen molar-refractivity contribution in [1.29, 1.82) is 0 Å². The number of hydrogen-bond donors (Lipinski definition) is 0. The summed E-state index contributed by atoms with van der Waals surface area (Å²) in [5.74, 6) is 0.686. The maximum absolute atomic E-state index is 5.36. The van der Waals surface area contributed by atoms with Crippen LogP contribution >= 0.6 is 0 Å². The minimum atomic E-state index is 0.686. The summed E-state index contributed by atoms with van der Waals surface area (Å²) >= 11 is 0. The highest BCUT2D eigenvalue weighted by atomic mass is 15.0. The van der Waals surface area contributed by atoms with E-state index in [4.69, 9.17) is 9.97 Å². The molecule has 60 heavy (non-hydrogen) atoms. The van der Waals surface area contributed by atoms with Crippen LogP contribution in [-0.2, 0) is 0 Å². The van der Waals surface area contributed by atoms with Crippen LogP contribution in [0.3, 0.4) is 0 Å². The Morgan fingerprint density at radius 1 is 0.283 bits per heavy atom. The van der Waals surface area contributed by atoms with E-state index < -0.39 is 0 Å². The van der Waals surface area contributed by atoms with Gasteiger partial charge in [0.05, 0.1) is 44.8 Å². The average molecular weight is 765 g/mol. The van der Waals surface area contributed by atoms with Crippen LogP contribution in [-0.4, -0.2) is 19.1 Å². The van der Waals surface area contributed by atoms with Crippen LogP contribution in [0.1, 0.15) is 0 Å². The third-order valence-corrected chi connectivity index (χ3v) is 11.9.